The summed E-state index contributed by atoms with van der Waals surface area (Å²) in [7, 11) is 3.30. The highest BCUT2D eigenvalue weighted by atomic mass is 16.5. The fraction of sp³-hybridized carbons (Fsp3) is 0.375. The van der Waals surface area contributed by atoms with Crippen molar-refractivity contribution in [1.82, 2.24) is 9.80 Å². The van der Waals surface area contributed by atoms with E-state index in [4.69, 9.17) is 18.3 Å². The van der Waals surface area contributed by atoms with Crippen LogP contribution in [0.15, 0.2) is 63.8 Å². The highest BCUT2D eigenvalue weighted by Gasteiger charge is 2.33. The maximum absolute atomic E-state index is 13.4. The van der Waals surface area contributed by atoms with Crippen molar-refractivity contribution in [2.45, 2.75) is 32.0 Å². The van der Waals surface area contributed by atoms with E-state index in [-0.39, 0.29) is 18.5 Å². The zero-order valence-electron chi connectivity index (χ0n) is 18.0. The molecule has 1 unspecified atom stereocenters. The Morgan fingerprint density at radius 1 is 1.06 bits per heavy atom. The normalized spacial score (nSPS) is 16.1. The van der Waals surface area contributed by atoms with Gasteiger partial charge < -0.3 is 23.2 Å². The van der Waals surface area contributed by atoms with Crippen LogP contribution in [0.25, 0.3) is 0 Å². The van der Waals surface area contributed by atoms with Gasteiger partial charge in [-0.2, -0.15) is 0 Å². The predicted octanol–water partition coefficient (Wildman–Crippen LogP) is 4.26. The summed E-state index contributed by atoms with van der Waals surface area (Å²) < 4.78 is 22.0. The molecule has 2 aromatic heterocycles. The fourth-order valence-electron chi connectivity index (χ4n) is 4.18. The van der Waals surface area contributed by atoms with Gasteiger partial charge in [-0.3, -0.25) is 9.69 Å². The summed E-state index contributed by atoms with van der Waals surface area (Å²) in [5.74, 6) is 3.23. The molecule has 1 aliphatic heterocycles. The average Bonchev–Trinajstić information content (AvgIpc) is 3.55. The molecule has 0 aliphatic carbocycles. The summed E-state index contributed by atoms with van der Waals surface area (Å²) in [6, 6.07) is 13.2. The van der Waals surface area contributed by atoms with Gasteiger partial charge >= 0.3 is 0 Å². The number of ether oxygens (including phenoxy) is 2. The SMILES string of the molecule is COc1ccc(OC)c(C2CCCN2C(=O)CN(Cc2ccco2)Cc2ccco2)c1. The molecular weight excluding hydrogens is 396 g/mol. The molecule has 4 rings (SSSR count). The third-order valence-corrected chi connectivity index (χ3v) is 5.65. The van der Waals surface area contributed by atoms with E-state index in [2.05, 4.69) is 0 Å². The third kappa shape index (κ3) is 4.94. The lowest BCUT2D eigenvalue weighted by molar-refractivity contribution is -0.133. The molecule has 0 radical (unpaired) electrons. The van der Waals surface area contributed by atoms with E-state index in [0.29, 0.717) is 13.1 Å². The highest BCUT2D eigenvalue weighted by molar-refractivity contribution is 5.79. The quantitative estimate of drug-likeness (QED) is 0.511. The second kappa shape index (κ2) is 9.75. The maximum Gasteiger partial charge on any atom is 0.237 e. The number of hydrogen-bond acceptors (Lipinski definition) is 6. The minimum atomic E-state index is -0.0355. The first-order valence-electron chi connectivity index (χ1n) is 10.5. The van der Waals surface area contributed by atoms with Crippen molar-refractivity contribution >= 4 is 5.91 Å². The van der Waals surface area contributed by atoms with Gasteiger partial charge in [-0.15, -0.1) is 0 Å². The van der Waals surface area contributed by atoms with Crippen molar-refractivity contribution in [1.29, 1.82) is 0 Å². The second-order valence-corrected chi connectivity index (χ2v) is 7.66. The molecule has 0 bridgehead atoms. The van der Waals surface area contributed by atoms with E-state index in [1.807, 2.05) is 52.3 Å². The number of furan rings is 2. The first-order chi connectivity index (χ1) is 15.2. The third-order valence-electron chi connectivity index (χ3n) is 5.65. The van der Waals surface area contributed by atoms with Crippen molar-refractivity contribution in [2.75, 3.05) is 27.3 Å². The molecule has 0 spiro atoms. The second-order valence-electron chi connectivity index (χ2n) is 7.66. The molecule has 1 aliphatic rings. The molecule has 7 nitrogen and oxygen atoms in total. The van der Waals surface area contributed by atoms with Crippen LogP contribution in [0.2, 0.25) is 0 Å². The van der Waals surface area contributed by atoms with E-state index in [1.165, 1.54) is 0 Å². The first-order valence-corrected chi connectivity index (χ1v) is 10.5. The number of likely N-dealkylation sites (tertiary alicyclic amines) is 1. The first kappa shape index (κ1) is 21.1. The van der Waals surface area contributed by atoms with Crippen LogP contribution in [0.5, 0.6) is 11.5 Å². The number of carbonyl (C=O) groups excluding carboxylic acids is 1. The number of nitrogens with zero attached hydrogens (tertiary/aromatic N) is 2. The van der Waals surface area contributed by atoms with Gasteiger partial charge in [0.25, 0.3) is 0 Å². The number of benzene rings is 1. The van der Waals surface area contributed by atoms with Crippen LogP contribution >= 0.6 is 0 Å². The van der Waals surface area contributed by atoms with Gasteiger partial charge in [0.15, 0.2) is 0 Å². The van der Waals surface area contributed by atoms with Gasteiger partial charge in [-0.05, 0) is 55.3 Å². The van der Waals surface area contributed by atoms with E-state index in [9.17, 15) is 4.79 Å². The number of methoxy groups -OCH3 is 2. The number of rotatable bonds is 9. The van der Waals surface area contributed by atoms with Gasteiger partial charge in [-0.1, -0.05) is 0 Å². The summed E-state index contributed by atoms with van der Waals surface area (Å²) in [5.41, 5.74) is 0.983. The average molecular weight is 424 g/mol. The molecule has 31 heavy (non-hydrogen) atoms. The summed E-state index contributed by atoms with van der Waals surface area (Å²) in [4.78, 5) is 17.4. The van der Waals surface area contributed by atoms with Crippen LogP contribution in [0.1, 0.15) is 36.0 Å². The fourth-order valence-corrected chi connectivity index (χ4v) is 4.18. The monoisotopic (exact) mass is 424 g/mol. The molecule has 3 heterocycles. The lowest BCUT2D eigenvalue weighted by Gasteiger charge is -2.29. The molecule has 1 amide bonds. The van der Waals surface area contributed by atoms with Crippen molar-refractivity contribution in [3.8, 4) is 11.5 Å². The molecule has 1 aromatic carbocycles. The van der Waals surface area contributed by atoms with Crippen LogP contribution in [-0.2, 0) is 17.9 Å². The molecule has 1 atom stereocenters. The van der Waals surface area contributed by atoms with Crippen LogP contribution in [0.3, 0.4) is 0 Å². The van der Waals surface area contributed by atoms with Crippen LogP contribution in [0.4, 0.5) is 0 Å². The summed E-state index contributed by atoms with van der Waals surface area (Å²) in [6.45, 7) is 2.05. The van der Waals surface area contributed by atoms with E-state index >= 15 is 0 Å². The Bertz CT molecular complexity index is 932. The number of amides is 1. The van der Waals surface area contributed by atoms with E-state index in [1.54, 1.807) is 26.7 Å². The Morgan fingerprint density at radius 2 is 1.77 bits per heavy atom. The molecule has 0 N–H and O–H groups in total. The largest absolute Gasteiger partial charge is 0.497 e. The topological polar surface area (TPSA) is 68.3 Å². The lowest BCUT2D eigenvalue weighted by atomic mass is 10.0. The Kier molecular flexibility index (Phi) is 6.62. The maximum atomic E-state index is 13.4. The van der Waals surface area contributed by atoms with Gasteiger partial charge in [0.2, 0.25) is 5.91 Å². The van der Waals surface area contributed by atoms with E-state index < -0.39 is 0 Å². The van der Waals surface area contributed by atoms with Crippen molar-refractivity contribution in [3.05, 3.63) is 72.1 Å². The summed E-state index contributed by atoms with van der Waals surface area (Å²) in [6.07, 6.45) is 5.14. The zero-order valence-corrected chi connectivity index (χ0v) is 18.0. The lowest BCUT2D eigenvalue weighted by Crippen LogP contribution is -2.39. The smallest absolute Gasteiger partial charge is 0.237 e. The molecule has 3 aromatic rings. The number of carbonyl (C=O) groups is 1. The molecular formula is C24H28N2O5. The Balaban J connectivity index is 1.52. The van der Waals surface area contributed by atoms with Gasteiger partial charge in [-0.25, -0.2) is 0 Å². The molecule has 7 heteroatoms. The minimum absolute atomic E-state index is 0.0355. The number of hydrogen-bond donors (Lipinski definition) is 0. The van der Waals surface area contributed by atoms with E-state index in [0.717, 1.165) is 48.0 Å². The minimum Gasteiger partial charge on any atom is -0.497 e. The molecule has 1 fully saturated rings. The summed E-state index contributed by atoms with van der Waals surface area (Å²) in [5, 5.41) is 0. The highest BCUT2D eigenvalue weighted by Crippen LogP contribution is 2.39. The predicted molar refractivity (Wildman–Crippen MR) is 115 cm³/mol. The van der Waals surface area contributed by atoms with Crippen LogP contribution in [-0.4, -0.2) is 43.0 Å². The molecule has 0 saturated carbocycles. The molecule has 1 saturated heterocycles. The zero-order chi connectivity index (χ0) is 21.6. The Morgan fingerprint density at radius 3 is 2.35 bits per heavy atom. The van der Waals surface area contributed by atoms with Crippen molar-refractivity contribution in [3.63, 3.8) is 0 Å². The van der Waals surface area contributed by atoms with Gasteiger partial charge in [0.05, 0.1) is 52.4 Å². The summed E-state index contributed by atoms with van der Waals surface area (Å²) >= 11 is 0. The van der Waals surface area contributed by atoms with Crippen LogP contribution < -0.4 is 9.47 Å². The van der Waals surface area contributed by atoms with Gasteiger partial charge in [0, 0.05) is 12.1 Å². The standard InChI is InChI=1S/C24H28N2O5/c1-28-18-9-10-23(29-2)21(14-18)22-8-3-11-26(22)24(27)17-25(15-19-6-4-12-30-19)16-20-7-5-13-31-20/h4-7,9-10,12-14,22H,3,8,11,15-17H2,1-2H3. The Labute approximate surface area is 182 Å². The van der Waals surface area contributed by atoms with Gasteiger partial charge in [0.1, 0.15) is 23.0 Å². The molecule has 164 valence electrons. The van der Waals surface area contributed by atoms with Crippen LogP contribution in [0, 0.1) is 0 Å². The van der Waals surface area contributed by atoms with Crippen molar-refractivity contribution < 1.29 is 23.1 Å². The Hall–Kier alpha value is -3.19. The van der Waals surface area contributed by atoms with Crippen molar-refractivity contribution in [2.24, 2.45) is 0 Å².